The molecule has 4 rings (SSSR count). The second-order valence-corrected chi connectivity index (χ2v) is 13.0. The first-order valence-corrected chi connectivity index (χ1v) is 19.1. The van der Waals surface area contributed by atoms with Crippen LogP contribution in [0.15, 0.2) is 66.7 Å². The molecule has 0 aromatic heterocycles. The van der Waals surface area contributed by atoms with E-state index in [1.54, 1.807) is 56.1 Å². The number of anilines is 2. The molecule has 328 valence electrons. The lowest BCUT2D eigenvalue weighted by atomic mass is 10.1. The molecule has 0 radical (unpaired) electrons. The van der Waals surface area contributed by atoms with Gasteiger partial charge in [0.1, 0.15) is 13.1 Å². The van der Waals surface area contributed by atoms with Crippen molar-refractivity contribution < 1.29 is 53.2 Å². The lowest BCUT2D eigenvalue weighted by Gasteiger charge is -2.20. The highest BCUT2D eigenvalue weighted by Gasteiger charge is 2.20. The molecule has 0 spiro atoms. The number of hydrogen-bond donors (Lipinski definition) is 10. The van der Waals surface area contributed by atoms with Crippen molar-refractivity contribution in [1.82, 2.24) is 36.8 Å². The van der Waals surface area contributed by atoms with Crippen LogP contribution in [0.1, 0.15) is 37.0 Å². The number of urea groups is 3. The third kappa shape index (κ3) is 21.5. The molecule has 1 heterocycles. The Bertz CT molecular complexity index is 1820. The number of nitrogen functional groups attached to an aromatic ring is 2. The van der Waals surface area contributed by atoms with E-state index < -0.39 is 24.0 Å². The largest absolute Gasteiger partial charge is 0.504 e. The van der Waals surface area contributed by atoms with Gasteiger partial charge in [0.05, 0.1) is 26.4 Å². The van der Waals surface area contributed by atoms with E-state index in [0.29, 0.717) is 55.7 Å². The summed E-state index contributed by atoms with van der Waals surface area (Å²) in [5.74, 6) is -1.18. The number of carbonyl (C=O) groups is 6. The van der Waals surface area contributed by atoms with Crippen molar-refractivity contribution in [2.24, 2.45) is 5.92 Å². The zero-order valence-corrected chi connectivity index (χ0v) is 34.1. The van der Waals surface area contributed by atoms with E-state index >= 15 is 0 Å². The van der Waals surface area contributed by atoms with Gasteiger partial charge in [-0.25, -0.2) is 14.4 Å². The minimum absolute atomic E-state index is 0.0162. The first kappa shape index (κ1) is 49.2. The Morgan fingerprint density at radius 3 is 1.68 bits per heavy atom. The quantitative estimate of drug-likeness (QED) is 0.0559. The molecule has 1 aliphatic rings. The lowest BCUT2D eigenvalue weighted by Crippen LogP contribution is -2.43. The third-order valence-electron chi connectivity index (χ3n) is 8.11. The summed E-state index contributed by atoms with van der Waals surface area (Å²) in [7, 11) is 1.74. The average Bonchev–Trinajstić information content (AvgIpc) is 3.74. The fraction of sp³-hybridized carbons (Fsp3) is 0.400. The molecule has 20 heteroatoms. The molecule has 0 saturated carbocycles. The van der Waals surface area contributed by atoms with Crippen molar-refractivity contribution in [3.05, 3.63) is 83.4 Å². The van der Waals surface area contributed by atoms with Gasteiger partial charge in [-0.2, -0.15) is 0 Å². The van der Waals surface area contributed by atoms with Crippen LogP contribution in [0.4, 0.5) is 25.8 Å². The number of ether oxygens (including phenoxy) is 3. The molecule has 0 bridgehead atoms. The maximum Gasteiger partial charge on any atom is 0.325 e. The lowest BCUT2D eigenvalue weighted by molar-refractivity contribution is -0.142. The van der Waals surface area contributed by atoms with Crippen molar-refractivity contribution in [3.8, 4) is 11.5 Å². The molecule has 1 fully saturated rings. The maximum absolute atomic E-state index is 12.0. The van der Waals surface area contributed by atoms with Crippen molar-refractivity contribution in [1.29, 1.82) is 0 Å². The fourth-order valence-corrected chi connectivity index (χ4v) is 4.99. The van der Waals surface area contributed by atoms with Crippen LogP contribution in [0.3, 0.4) is 0 Å². The molecule has 60 heavy (non-hydrogen) atoms. The first-order valence-electron chi connectivity index (χ1n) is 19.1. The van der Waals surface area contributed by atoms with Gasteiger partial charge in [-0.3, -0.25) is 14.4 Å². The summed E-state index contributed by atoms with van der Waals surface area (Å²) in [6.07, 6.45) is 0.979. The van der Waals surface area contributed by atoms with E-state index in [1.165, 1.54) is 12.1 Å². The smallest absolute Gasteiger partial charge is 0.325 e. The van der Waals surface area contributed by atoms with Gasteiger partial charge in [0.2, 0.25) is 5.91 Å². The van der Waals surface area contributed by atoms with E-state index in [-0.39, 0.29) is 56.2 Å². The zero-order chi connectivity index (χ0) is 44.3. The monoisotopic (exact) mass is 839 g/mol. The summed E-state index contributed by atoms with van der Waals surface area (Å²) in [5.41, 5.74) is 15.0. The maximum atomic E-state index is 12.0. The van der Waals surface area contributed by atoms with Crippen LogP contribution < -0.4 is 43.4 Å². The molecule has 1 unspecified atom stereocenters. The van der Waals surface area contributed by atoms with Crippen LogP contribution in [0.5, 0.6) is 11.5 Å². The summed E-state index contributed by atoms with van der Waals surface area (Å²) in [6.45, 7) is 6.58. The van der Waals surface area contributed by atoms with Crippen LogP contribution in [0.25, 0.3) is 0 Å². The fourth-order valence-electron chi connectivity index (χ4n) is 4.99. The highest BCUT2D eigenvalue weighted by Crippen LogP contribution is 2.24. The Kier molecular flexibility index (Phi) is 22.7. The molecule has 20 nitrogen and oxygen atoms in total. The molecule has 12 N–H and O–H groups in total. The third-order valence-corrected chi connectivity index (χ3v) is 8.11. The summed E-state index contributed by atoms with van der Waals surface area (Å²) >= 11 is 0. The van der Waals surface area contributed by atoms with E-state index in [1.807, 2.05) is 24.3 Å². The van der Waals surface area contributed by atoms with Gasteiger partial charge in [-0.15, -0.1) is 0 Å². The van der Waals surface area contributed by atoms with Crippen molar-refractivity contribution >= 4 is 47.3 Å². The van der Waals surface area contributed by atoms with E-state index in [4.69, 9.17) is 21.3 Å². The molecule has 3 aromatic carbocycles. The van der Waals surface area contributed by atoms with Gasteiger partial charge in [0, 0.05) is 57.1 Å². The van der Waals surface area contributed by atoms with Gasteiger partial charge in [0.25, 0.3) is 0 Å². The van der Waals surface area contributed by atoms with Crippen LogP contribution in [-0.4, -0.2) is 111 Å². The molecule has 1 saturated heterocycles. The number of nitrogens with two attached hydrogens (primary N) is 2. The number of benzene rings is 3. The van der Waals surface area contributed by atoms with Crippen molar-refractivity contribution in [2.75, 3.05) is 71.1 Å². The van der Waals surface area contributed by atoms with E-state index in [0.717, 1.165) is 24.2 Å². The van der Waals surface area contributed by atoms with Crippen LogP contribution in [0, 0.1) is 5.92 Å². The number of carbonyl (C=O) groups excluding carboxylic acids is 6. The Hall–Kier alpha value is -6.96. The van der Waals surface area contributed by atoms with Gasteiger partial charge in [0.15, 0.2) is 11.5 Å². The van der Waals surface area contributed by atoms with E-state index in [2.05, 4.69) is 41.4 Å². The number of aromatic hydroxyl groups is 2. The summed E-state index contributed by atoms with van der Waals surface area (Å²) < 4.78 is 14.6. The number of rotatable bonds is 16. The number of hydrogen-bond acceptors (Lipinski definition) is 13. The summed E-state index contributed by atoms with van der Waals surface area (Å²) in [5, 5.41) is 33.5. The van der Waals surface area contributed by atoms with Gasteiger partial charge in [-0.05, 0) is 73.4 Å². The number of likely N-dealkylation sites (N-methyl/N-ethyl adjacent to an activating group) is 1. The SMILES string of the molecule is CCOC(=O)CNC(=O)NCc1ccc(O)c(O)c1.CCOC(=O)CNC(=O)NCc1cccc(N)c1.CN(CC1CCOC1)C(=O)CNC(=O)NCc1ccc(N)cc1. The first-order chi connectivity index (χ1) is 28.7. The molecule has 1 aliphatic heterocycles. The minimum atomic E-state index is -0.527. The Balaban J connectivity index is 0.000000313. The number of esters is 2. The van der Waals surface area contributed by atoms with Crippen LogP contribution in [-0.2, 0) is 48.2 Å². The number of phenolic OH excluding ortho intramolecular Hbond substituents is 2. The molecule has 7 amide bonds. The van der Waals surface area contributed by atoms with E-state index in [9.17, 15) is 33.9 Å². The Morgan fingerprint density at radius 1 is 0.667 bits per heavy atom. The number of nitrogens with zero attached hydrogens (tertiary/aromatic N) is 1. The number of amides is 7. The second kappa shape index (κ2) is 27.6. The van der Waals surface area contributed by atoms with Crippen LogP contribution in [0.2, 0.25) is 0 Å². The summed E-state index contributed by atoms with van der Waals surface area (Å²) in [4.78, 5) is 70.0. The standard InChI is InChI=1S/C16H24N4O3.C12H17N3O3.C12H16N2O5/c1-20(10-13-6-7-23-11-13)15(21)9-19-16(22)18-8-12-2-4-14(17)5-3-12;1-2-18-11(16)8-15-12(17)14-7-9-4-3-5-10(13)6-9;1-2-19-11(17)7-14-12(18)13-6-8-3-4-9(15)10(16)5-8/h2-5,13H,6-11,17H2,1H3,(H2,18,19,22);3-6H,2,7-8,13H2,1H3,(H2,14,15,17);3-5,15-16H,2,6-7H2,1H3,(H2,13,14,18). The topological polar surface area (TPSA) is 298 Å². The molecule has 0 aliphatic carbocycles. The second-order valence-electron chi connectivity index (χ2n) is 13.0. The predicted octanol–water partition coefficient (Wildman–Crippen LogP) is 1.65. The Labute approximate surface area is 348 Å². The van der Waals surface area contributed by atoms with Gasteiger partial charge < -0.3 is 72.7 Å². The highest BCUT2D eigenvalue weighted by molar-refractivity contribution is 5.84. The normalized spacial score (nSPS) is 12.4. The molecule has 1 atom stereocenters. The van der Waals surface area contributed by atoms with Gasteiger partial charge >= 0.3 is 30.0 Å². The molecular weight excluding hydrogens is 782 g/mol. The predicted molar refractivity (Wildman–Crippen MR) is 222 cm³/mol. The minimum Gasteiger partial charge on any atom is -0.504 e. The molecule has 3 aromatic rings. The average molecular weight is 840 g/mol. The highest BCUT2D eigenvalue weighted by atomic mass is 16.5. The number of phenols is 2. The number of nitrogens with one attached hydrogen (secondary N) is 6. The van der Waals surface area contributed by atoms with Gasteiger partial charge in [-0.1, -0.05) is 30.3 Å². The van der Waals surface area contributed by atoms with Crippen molar-refractivity contribution in [3.63, 3.8) is 0 Å². The zero-order valence-electron chi connectivity index (χ0n) is 34.1. The summed E-state index contributed by atoms with van der Waals surface area (Å²) in [6, 6.07) is 17.3. The Morgan fingerprint density at radius 2 is 1.18 bits per heavy atom. The van der Waals surface area contributed by atoms with Crippen LogP contribution >= 0.6 is 0 Å². The van der Waals surface area contributed by atoms with Crippen molar-refractivity contribution in [2.45, 2.75) is 39.9 Å². The molecular formula is C40H57N9O11.